The van der Waals surface area contributed by atoms with E-state index in [9.17, 15) is 51.1 Å². The smallest absolute Gasteiger partial charge is 0.186 e. The first-order valence-electron chi connectivity index (χ1n) is 14.9. The van der Waals surface area contributed by atoms with Gasteiger partial charge in [-0.3, -0.25) is 0 Å². The van der Waals surface area contributed by atoms with Gasteiger partial charge < -0.3 is 74.7 Å². The number of rotatable bonds is 14. The third-order valence-corrected chi connectivity index (χ3v) is 8.49. The first kappa shape index (κ1) is 36.2. The molecule has 2 aromatic carbocycles. The molecule has 15 nitrogen and oxygen atoms in total. The first-order valence-corrected chi connectivity index (χ1v) is 14.9. The molecule has 46 heavy (non-hydrogen) atoms. The van der Waals surface area contributed by atoms with Crippen molar-refractivity contribution in [1.82, 2.24) is 0 Å². The van der Waals surface area contributed by atoms with Gasteiger partial charge in [0.05, 0.1) is 33.5 Å². The zero-order valence-electron chi connectivity index (χ0n) is 25.2. The molecule has 2 fully saturated rings. The standard InChI is InChI=1S/C31H44O15/c1-42-21-10-16(4-7-20(21)35)9-18(14-44-31-29(41)27(39)25(37)23(12-33)46-31)17(8-15-2-5-19(34)6-3-15)13-43-30-28(40)26(38)24(36)22(11-32)45-30/h2-7,10,17-18,22-41H,8-9,11-14H2,1H3/t17?,18?,22-,23-,24-,25-,26+,27+,28-,29-,30-,31-/m1/s1. The minimum atomic E-state index is -1.65. The molecule has 258 valence electrons. The van der Waals surface area contributed by atoms with Crippen molar-refractivity contribution in [2.75, 3.05) is 33.5 Å². The van der Waals surface area contributed by atoms with Crippen molar-refractivity contribution in [3.8, 4) is 17.2 Å². The van der Waals surface area contributed by atoms with Crippen LogP contribution in [0.5, 0.6) is 17.2 Å². The van der Waals surface area contributed by atoms with E-state index in [4.69, 9.17) is 23.7 Å². The second-order valence-corrected chi connectivity index (χ2v) is 11.7. The molecule has 2 aromatic rings. The summed E-state index contributed by atoms with van der Waals surface area (Å²) in [6.07, 6.45) is -14.4. The SMILES string of the molecule is COc1cc(CC(CO[C@@H]2O[C@H](CO)[C@@H](O)[C@H](O)[C@H]2O)C(CO[C@@H]2O[C@H](CO)[C@@H](O)[C@H](O)[C@H]2O)Cc2ccc(O)cc2)ccc1O. The van der Waals surface area contributed by atoms with E-state index in [0.29, 0.717) is 12.0 Å². The summed E-state index contributed by atoms with van der Waals surface area (Å²) in [5, 5.41) is 101. The van der Waals surface area contributed by atoms with Crippen LogP contribution in [0.25, 0.3) is 0 Å². The lowest BCUT2D eigenvalue weighted by atomic mass is 9.83. The summed E-state index contributed by atoms with van der Waals surface area (Å²) in [6, 6.07) is 11.2. The Labute approximate surface area is 265 Å². The average molecular weight is 657 g/mol. The van der Waals surface area contributed by atoms with Gasteiger partial charge in [-0.1, -0.05) is 18.2 Å². The van der Waals surface area contributed by atoms with Gasteiger partial charge in [-0.05, 0) is 60.1 Å². The Kier molecular flexibility index (Phi) is 12.9. The molecule has 0 aromatic heterocycles. The number of benzene rings is 2. The fraction of sp³-hybridized carbons (Fsp3) is 0.613. The predicted molar refractivity (Wildman–Crippen MR) is 157 cm³/mol. The summed E-state index contributed by atoms with van der Waals surface area (Å²) >= 11 is 0. The molecule has 0 radical (unpaired) electrons. The quantitative estimate of drug-likeness (QED) is 0.103. The fourth-order valence-electron chi connectivity index (χ4n) is 5.66. The molecular weight excluding hydrogens is 612 g/mol. The molecule has 12 atom stereocenters. The molecule has 0 bridgehead atoms. The first-order chi connectivity index (χ1) is 22.0. The second-order valence-electron chi connectivity index (χ2n) is 11.7. The van der Waals surface area contributed by atoms with E-state index in [2.05, 4.69) is 0 Å². The lowest BCUT2D eigenvalue weighted by Gasteiger charge is -2.41. The number of hydrogen-bond acceptors (Lipinski definition) is 15. The maximum absolute atomic E-state index is 10.6. The summed E-state index contributed by atoms with van der Waals surface area (Å²) in [6.45, 7) is -1.54. The highest BCUT2D eigenvalue weighted by Crippen LogP contribution is 2.32. The van der Waals surface area contributed by atoms with E-state index in [0.717, 1.165) is 5.56 Å². The van der Waals surface area contributed by atoms with Gasteiger partial charge in [0.1, 0.15) is 54.6 Å². The molecular formula is C31H44O15. The molecule has 0 amide bonds. The Morgan fingerprint density at radius 1 is 0.630 bits per heavy atom. The van der Waals surface area contributed by atoms with Crippen LogP contribution >= 0.6 is 0 Å². The van der Waals surface area contributed by atoms with E-state index in [-0.39, 0.29) is 36.9 Å². The number of phenolic OH excluding ortho intramolecular Hbond substituents is 2. The Balaban J connectivity index is 1.62. The van der Waals surface area contributed by atoms with Crippen molar-refractivity contribution in [3.63, 3.8) is 0 Å². The number of methoxy groups -OCH3 is 1. The van der Waals surface area contributed by atoms with Gasteiger partial charge in [0, 0.05) is 0 Å². The molecule has 2 heterocycles. The van der Waals surface area contributed by atoms with E-state index in [1.54, 1.807) is 24.3 Å². The van der Waals surface area contributed by atoms with Crippen LogP contribution in [0.3, 0.4) is 0 Å². The molecule has 2 unspecified atom stereocenters. The summed E-state index contributed by atoms with van der Waals surface area (Å²) in [4.78, 5) is 0. The lowest BCUT2D eigenvalue weighted by Crippen LogP contribution is -2.59. The van der Waals surface area contributed by atoms with E-state index < -0.39 is 86.5 Å². The molecule has 4 rings (SSSR count). The van der Waals surface area contributed by atoms with Gasteiger partial charge in [-0.25, -0.2) is 0 Å². The molecule has 2 saturated heterocycles. The minimum absolute atomic E-state index is 0.0524. The van der Waals surface area contributed by atoms with Crippen molar-refractivity contribution in [2.24, 2.45) is 11.8 Å². The van der Waals surface area contributed by atoms with Crippen molar-refractivity contribution in [3.05, 3.63) is 53.6 Å². The van der Waals surface area contributed by atoms with Crippen LogP contribution in [0.2, 0.25) is 0 Å². The van der Waals surface area contributed by atoms with E-state index in [1.807, 2.05) is 0 Å². The normalized spacial score (nSPS) is 33.0. The van der Waals surface area contributed by atoms with Crippen LogP contribution in [0.1, 0.15) is 11.1 Å². The second kappa shape index (κ2) is 16.5. The van der Waals surface area contributed by atoms with Gasteiger partial charge in [-0.2, -0.15) is 0 Å². The van der Waals surface area contributed by atoms with Crippen molar-refractivity contribution < 1.29 is 74.7 Å². The number of aliphatic hydroxyl groups excluding tert-OH is 8. The van der Waals surface area contributed by atoms with E-state index in [1.165, 1.54) is 25.3 Å². The number of phenols is 2. The van der Waals surface area contributed by atoms with Crippen molar-refractivity contribution in [1.29, 1.82) is 0 Å². The molecule has 15 heteroatoms. The summed E-state index contributed by atoms with van der Waals surface area (Å²) < 4.78 is 28.2. The molecule has 0 saturated carbocycles. The Morgan fingerprint density at radius 3 is 1.54 bits per heavy atom. The summed E-state index contributed by atoms with van der Waals surface area (Å²) in [5.74, 6) is -0.788. The zero-order chi connectivity index (χ0) is 33.5. The van der Waals surface area contributed by atoms with E-state index >= 15 is 0 Å². The zero-order valence-corrected chi connectivity index (χ0v) is 25.2. The molecule has 2 aliphatic heterocycles. The lowest BCUT2D eigenvalue weighted by molar-refractivity contribution is -0.308. The number of ether oxygens (including phenoxy) is 5. The van der Waals surface area contributed by atoms with Crippen LogP contribution in [0, 0.1) is 11.8 Å². The van der Waals surface area contributed by atoms with Gasteiger partial charge in [0.15, 0.2) is 24.1 Å². The average Bonchev–Trinajstić information content (AvgIpc) is 3.06. The van der Waals surface area contributed by atoms with Crippen LogP contribution in [0.15, 0.2) is 42.5 Å². The topological polar surface area (TPSA) is 248 Å². The Morgan fingerprint density at radius 2 is 1.09 bits per heavy atom. The number of hydrogen-bond donors (Lipinski definition) is 10. The molecule has 10 N–H and O–H groups in total. The van der Waals surface area contributed by atoms with Crippen molar-refractivity contribution >= 4 is 0 Å². The van der Waals surface area contributed by atoms with Crippen LogP contribution in [-0.4, -0.2) is 146 Å². The minimum Gasteiger partial charge on any atom is -0.508 e. The third-order valence-electron chi connectivity index (χ3n) is 8.49. The predicted octanol–water partition coefficient (Wildman–Crippen LogP) is -2.24. The monoisotopic (exact) mass is 656 g/mol. The summed E-state index contributed by atoms with van der Waals surface area (Å²) in [5.41, 5.74) is 1.49. The molecule has 2 aliphatic rings. The highest BCUT2D eigenvalue weighted by Gasteiger charge is 2.46. The Hall–Kier alpha value is -2.64. The number of aliphatic hydroxyl groups is 8. The maximum atomic E-state index is 10.6. The third kappa shape index (κ3) is 8.63. The van der Waals surface area contributed by atoms with Gasteiger partial charge in [0.2, 0.25) is 0 Å². The van der Waals surface area contributed by atoms with Crippen LogP contribution in [0.4, 0.5) is 0 Å². The van der Waals surface area contributed by atoms with Crippen LogP contribution < -0.4 is 4.74 Å². The molecule has 0 spiro atoms. The largest absolute Gasteiger partial charge is 0.508 e. The maximum Gasteiger partial charge on any atom is 0.186 e. The number of aromatic hydroxyl groups is 2. The van der Waals surface area contributed by atoms with Crippen LogP contribution in [-0.2, 0) is 31.8 Å². The van der Waals surface area contributed by atoms with Gasteiger partial charge in [0.25, 0.3) is 0 Å². The highest BCUT2D eigenvalue weighted by atomic mass is 16.7. The van der Waals surface area contributed by atoms with Crippen molar-refractivity contribution in [2.45, 2.75) is 74.3 Å². The molecule has 0 aliphatic carbocycles. The fourth-order valence-corrected chi connectivity index (χ4v) is 5.66. The summed E-state index contributed by atoms with van der Waals surface area (Å²) in [7, 11) is 1.40. The Bertz CT molecular complexity index is 1210. The highest BCUT2D eigenvalue weighted by molar-refractivity contribution is 5.42. The van der Waals surface area contributed by atoms with Gasteiger partial charge in [-0.15, -0.1) is 0 Å². The van der Waals surface area contributed by atoms with Gasteiger partial charge >= 0.3 is 0 Å².